The van der Waals surface area contributed by atoms with Crippen LogP contribution in [0.2, 0.25) is 0 Å². The van der Waals surface area contributed by atoms with Gasteiger partial charge in [-0.05, 0) is 0 Å². The molecule has 2 nitrogen and oxygen atoms in total. The monoisotopic (exact) mass is 264 g/mol. The van der Waals surface area contributed by atoms with Crippen molar-refractivity contribution in [2.45, 2.75) is 52.6 Å². The molecular weight excluding hydrogens is 247 g/mol. The van der Waals surface area contributed by atoms with E-state index in [-0.39, 0.29) is 11.1 Å². The summed E-state index contributed by atoms with van der Waals surface area (Å²) in [7, 11) is 9.23. The van der Waals surface area contributed by atoms with Crippen LogP contribution < -0.4 is 0 Å². The molecule has 0 spiro atoms. The van der Waals surface area contributed by atoms with Crippen molar-refractivity contribution in [3.8, 4) is 0 Å². The van der Waals surface area contributed by atoms with Gasteiger partial charge in [-0.25, -0.2) is 0 Å². The first kappa shape index (κ1) is 13.7. The molecule has 0 bridgehead atoms. The van der Waals surface area contributed by atoms with E-state index in [1.54, 1.807) is 0 Å². The Bertz CT molecular complexity index is 254. The molecule has 0 amide bonds. The molecule has 0 atom stereocenters. The van der Waals surface area contributed by atoms with E-state index in [2.05, 4.69) is 7.86 Å². The van der Waals surface area contributed by atoms with Crippen LogP contribution in [0.15, 0.2) is 7.86 Å². The summed E-state index contributed by atoms with van der Waals surface area (Å²) in [6.07, 6.45) is 0. The molecule has 0 aromatic heterocycles. The van der Waals surface area contributed by atoms with Gasteiger partial charge in [0, 0.05) is 0 Å². The predicted octanol–water partition coefficient (Wildman–Crippen LogP) is 4.41. The zero-order valence-electron chi connectivity index (χ0n) is 9.06. The summed E-state index contributed by atoms with van der Waals surface area (Å²) < 4.78 is 8.69. The van der Waals surface area contributed by atoms with E-state index in [9.17, 15) is 0 Å². The van der Waals surface area contributed by atoms with Crippen LogP contribution in [-0.2, 0) is 10.8 Å². The SMILES string of the molecule is CC(C)(C)[N]=[Cr]([Cl])([Cl])=[N]C(C)(C)C. The molecule has 0 radical (unpaired) electrons. The molecule has 80 valence electrons. The second-order valence-electron chi connectivity index (χ2n) is 4.94. The number of rotatable bonds is 0. The Morgan fingerprint density at radius 2 is 1.00 bits per heavy atom. The van der Waals surface area contributed by atoms with Crippen molar-refractivity contribution in [1.82, 2.24) is 0 Å². The maximum absolute atomic E-state index is 6.09. The van der Waals surface area contributed by atoms with Crippen LogP contribution >= 0.6 is 20.1 Å². The van der Waals surface area contributed by atoms with Gasteiger partial charge in [0.15, 0.2) is 0 Å². The third kappa shape index (κ3) is 9.03. The van der Waals surface area contributed by atoms with Crippen LogP contribution in [-0.4, -0.2) is 11.1 Å². The fourth-order valence-electron chi connectivity index (χ4n) is 0.679. The van der Waals surface area contributed by atoms with Crippen molar-refractivity contribution in [1.29, 1.82) is 0 Å². The van der Waals surface area contributed by atoms with E-state index in [0.717, 1.165) is 0 Å². The van der Waals surface area contributed by atoms with Crippen LogP contribution in [0.1, 0.15) is 41.5 Å². The molecular formula is C8H18Cl2CrN2. The van der Waals surface area contributed by atoms with Gasteiger partial charge in [0.1, 0.15) is 0 Å². The van der Waals surface area contributed by atoms with Gasteiger partial charge in [-0.2, -0.15) is 0 Å². The van der Waals surface area contributed by atoms with Crippen molar-refractivity contribution in [2.75, 3.05) is 0 Å². The Balaban J connectivity index is 5.21. The minimum atomic E-state index is -2.96. The fraction of sp³-hybridized carbons (Fsp3) is 1.00. The van der Waals surface area contributed by atoms with Crippen molar-refractivity contribution >= 4 is 20.1 Å². The van der Waals surface area contributed by atoms with Gasteiger partial charge in [-0.15, -0.1) is 0 Å². The van der Waals surface area contributed by atoms with Crippen LogP contribution in [0.5, 0.6) is 0 Å². The average Bonchev–Trinajstić information content (AvgIpc) is 1.43. The first-order chi connectivity index (χ1) is 5.41. The first-order valence-electron chi connectivity index (χ1n) is 4.12. The van der Waals surface area contributed by atoms with Crippen LogP contribution in [0, 0.1) is 0 Å². The van der Waals surface area contributed by atoms with Gasteiger partial charge >= 0.3 is 91.4 Å². The van der Waals surface area contributed by atoms with Gasteiger partial charge < -0.3 is 0 Å². The molecule has 0 aliphatic rings. The standard InChI is InChI=1S/2C4H9N.2ClH.Cr/c2*1-4(2,3)5;;;/h2*1-3H3;2*1H;/q;;;;+2/p-2. The van der Waals surface area contributed by atoms with Gasteiger partial charge in [-0.3, -0.25) is 0 Å². The molecule has 0 heterocycles. The van der Waals surface area contributed by atoms with Crippen molar-refractivity contribution in [2.24, 2.45) is 7.86 Å². The van der Waals surface area contributed by atoms with E-state index < -0.39 is 10.8 Å². The molecule has 0 aliphatic heterocycles. The predicted molar refractivity (Wildman–Crippen MR) is 56.1 cm³/mol. The third-order valence-electron chi connectivity index (χ3n) is 0.767. The molecule has 0 aliphatic carbocycles. The van der Waals surface area contributed by atoms with E-state index in [1.807, 2.05) is 41.5 Å². The summed E-state index contributed by atoms with van der Waals surface area (Å²) in [6.45, 7) is 11.8. The van der Waals surface area contributed by atoms with Crippen molar-refractivity contribution < 1.29 is 10.8 Å². The topological polar surface area (TPSA) is 24.7 Å². The number of hydrogen-bond acceptors (Lipinski definition) is 2. The van der Waals surface area contributed by atoms with Crippen LogP contribution in [0.3, 0.4) is 0 Å². The number of nitrogens with zero attached hydrogens (tertiary/aromatic N) is 2. The molecule has 0 unspecified atom stereocenters. The number of halogens is 2. The zero-order valence-corrected chi connectivity index (χ0v) is 11.8. The Morgan fingerprint density at radius 1 is 0.769 bits per heavy atom. The molecule has 0 aromatic carbocycles. The first-order valence-corrected chi connectivity index (χ1v) is 8.77. The van der Waals surface area contributed by atoms with Gasteiger partial charge in [0.25, 0.3) is 0 Å². The Hall–Kier alpha value is 0.712. The molecule has 0 aromatic rings. The third-order valence-corrected chi connectivity index (χ3v) is 4.30. The van der Waals surface area contributed by atoms with Crippen LogP contribution in [0.25, 0.3) is 0 Å². The summed E-state index contributed by atoms with van der Waals surface area (Å²) in [5.41, 5.74) is -0.420. The summed E-state index contributed by atoms with van der Waals surface area (Å²) in [5, 5.41) is 0. The summed E-state index contributed by atoms with van der Waals surface area (Å²) >= 11 is 0. The summed E-state index contributed by atoms with van der Waals surface area (Å²) in [5.74, 6) is 0. The summed E-state index contributed by atoms with van der Waals surface area (Å²) in [4.78, 5) is 0. The maximum atomic E-state index is 6.09. The molecule has 0 N–H and O–H groups in total. The quantitative estimate of drug-likeness (QED) is 0.619. The van der Waals surface area contributed by atoms with E-state index in [1.165, 1.54) is 0 Å². The zero-order chi connectivity index (χ0) is 10.9. The second kappa shape index (κ2) is 4.07. The number of hydrogen-bond donors (Lipinski definition) is 0. The molecule has 0 fully saturated rings. The normalized spacial score (nSPS) is 14.2. The van der Waals surface area contributed by atoms with Crippen LogP contribution in [0.4, 0.5) is 0 Å². The van der Waals surface area contributed by atoms with Gasteiger partial charge in [0.2, 0.25) is 0 Å². The van der Waals surface area contributed by atoms with E-state index in [0.29, 0.717) is 0 Å². The summed E-state index contributed by atoms with van der Waals surface area (Å²) in [6, 6.07) is 0. The van der Waals surface area contributed by atoms with Crippen molar-refractivity contribution in [3.05, 3.63) is 0 Å². The van der Waals surface area contributed by atoms with E-state index >= 15 is 0 Å². The average molecular weight is 265 g/mol. The molecule has 0 saturated heterocycles. The van der Waals surface area contributed by atoms with Crippen molar-refractivity contribution in [3.63, 3.8) is 0 Å². The van der Waals surface area contributed by atoms with Gasteiger partial charge in [-0.1, -0.05) is 0 Å². The van der Waals surface area contributed by atoms with Gasteiger partial charge in [0.05, 0.1) is 0 Å². The Kier molecular flexibility index (Phi) is 4.29. The fourth-order valence-corrected chi connectivity index (χ4v) is 6.22. The second-order valence-corrected chi connectivity index (χ2v) is 11.0. The molecule has 0 saturated carbocycles. The molecule has 13 heavy (non-hydrogen) atoms. The Morgan fingerprint density at radius 3 is 1.15 bits per heavy atom. The van der Waals surface area contributed by atoms with E-state index in [4.69, 9.17) is 20.1 Å². The molecule has 0 rings (SSSR count). The minimum absolute atomic E-state index is 0.210. The molecule has 5 heteroatoms. The Labute approximate surface area is 91.3 Å².